The Morgan fingerprint density at radius 3 is 2.27 bits per heavy atom. The Balaban J connectivity index is 3.87. The minimum Gasteiger partial charge on any atom is -0.359 e. The molecule has 0 rings (SSSR count). The predicted molar refractivity (Wildman–Crippen MR) is 33.9 cm³/mol. The van der Waals surface area contributed by atoms with E-state index < -0.39 is 24.4 Å². The summed E-state index contributed by atoms with van der Waals surface area (Å²) < 4.78 is 34.9. The topological polar surface area (TPSA) is 29.1 Å². The third-order valence-electron chi connectivity index (χ3n) is 1.23. The molecule has 0 aromatic heterocycles. The summed E-state index contributed by atoms with van der Waals surface area (Å²) in [6.45, 7) is 1.24. The van der Waals surface area contributed by atoms with Gasteiger partial charge < -0.3 is 5.32 Å². The molecule has 1 atom stereocenters. The molecule has 0 saturated carbocycles. The molecule has 0 aromatic rings. The third-order valence-corrected chi connectivity index (χ3v) is 1.23. The number of hydrogen-bond acceptors (Lipinski definition) is 1. The van der Waals surface area contributed by atoms with Gasteiger partial charge in [-0.15, -0.1) is 0 Å². The highest BCUT2D eigenvalue weighted by Gasteiger charge is 2.32. The first-order chi connectivity index (χ1) is 4.87. The molecule has 1 amide bonds. The van der Waals surface area contributed by atoms with E-state index in [4.69, 9.17) is 0 Å². The number of nitrogens with one attached hydrogen (secondary N) is 1. The lowest BCUT2D eigenvalue weighted by Gasteiger charge is -2.11. The Kier molecular flexibility index (Phi) is 3.35. The summed E-state index contributed by atoms with van der Waals surface area (Å²) in [6.07, 6.45) is -5.32. The van der Waals surface area contributed by atoms with Crippen LogP contribution in [0.1, 0.15) is 13.3 Å². The van der Waals surface area contributed by atoms with Crippen molar-refractivity contribution in [2.45, 2.75) is 19.5 Å². The average Bonchev–Trinajstić information content (AvgIpc) is 1.82. The van der Waals surface area contributed by atoms with Crippen molar-refractivity contribution in [1.82, 2.24) is 5.32 Å². The van der Waals surface area contributed by atoms with Crippen molar-refractivity contribution < 1.29 is 18.0 Å². The molecular formula is C6H10F3NO. The highest BCUT2D eigenvalue weighted by Crippen LogP contribution is 2.24. The highest BCUT2D eigenvalue weighted by molar-refractivity contribution is 5.77. The lowest BCUT2D eigenvalue weighted by molar-refractivity contribution is -0.152. The zero-order chi connectivity index (χ0) is 9.07. The quantitative estimate of drug-likeness (QED) is 0.663. The van der Waals surface area contributed by atoms with E-state index in [0.717, 1.165) is 0 Å². The molecular weight excluding hydrogens is 159 g/mol. The predicted octanol–water partition coefficient (Wildman–Crippen LogP) is 1.32. The van der Waals surface area contributed by atoms with Crippen LogP contribution in [-0.2, 0) is 4.79 Å². The standard InChI is InChI=1S/C6H10F3NO/c1-4(5(11)10-2)3-6(7,8)9/h4H,3H2,1-2H3,(H,10,11). The van der Waals surface area contributed by atoms with Crippen molar-refractivity contribution in [3.05, 3.63) is 0 Å². The summed E-state index contributed by atoms with van der Waals surface area (Å²) in [5, 5.41) is 2.15. The molecule has 0 aliphatic carbocycles. The number of hydrogen-bond donors (Lipinski definition) is 1. The Morgan fingerprint density at radius 2 is 2.00 bits per heavy atom. The van der Waals surface area contributed by atoms with Crippen molar-refractivity contribution in [1.29, 1.82) is 0 Å². The van der Waals surface area contributed by atoms with Crippen LogP contribution in [0.5, 0.6) is 0 Å². The fourth-order valence-electron chi connectivity index (χ4n) is 0.686. The van der Waals surface area contributed by atoms with E-state index >= 15 is 0 Å². The van der Waals surface area contributed by atoms with E-state index in [1.54, 1.807) is 0 Å². The maximum atomic E-state index is 11.6. The summed E-state index contributed by atoms with van der Waals surface area (Å²) in [6, 6.07) is 0. The maximum absolute atomic E-state index is 11.6. The molecule has 0 saturated heterocycles. The van der Waals surface area contributed by atoms with Gasteiger partial charge in [-0.1, -0.05) is 6.92 Å². The second kappa shape index (κ2) is 3.59. The van der Waals surface area contributed by atoms with Gasteiger partial charge in [0.25, 0.3) is 0 Å². The molecule has 0 bridgehead atoms. The van der Waals surface area contributed by atoms with Crippen LogP contribution in [-0.4, -0.2) is 19.1 Å². The van der Waals surface area contributed by atoms with Gasteiger partial charge in [-0.25, -0.2) is 0 Å². The Bertz CT molecular complexity index is 143. The van der Waals surface area contributed by atoms with Gasteiger partial charge in [0.1, 0.15) is 0 Å². The van der Waals surface area contributed by atoms with Crippen LogP contribution < -0.4 is 5.32 Å². The normalized spacial score (nSPS) is 14.3. The number of alkyl halides is 3. The van der Waals surface area contributed by atoms with Gasteiger partial charge in [0.05, 0.1) is 6.42 Å². The lowest BCUT2D eigenvalue weighted by atomic mass is 10.1. The first-order valence-corrected chi connectivity index (χ1v) is 3.15. The fraction of sp³-hybridized carbons (Fsp3) is 0.833. The second-order valence-corrected chi connectivity index (χ2v) is 2.33. The number of carbonyl (C=O) groups is 1. The van der Waals surface area contributed by atoms with Crippen molar-refractivity contribution >= 4 is 5.91 Å². The van der Waals surface area contributed by atoms with Gasteiger partial charge in [0.2, 0.25) is 5.91 Å². The van der Waals surface area contributed by atoms with Crippen molar-refractivity contribution in [3.63, 3.8) is 0 Å². The van der Waals surface area contributed by atoms with Gasteiger partial charge in [-0.3, -0.25) is 4.79 Å². The molecule has 0 aliphatic heterocycles. The van der Waals surface area contributed by atoms with Gasteiger partial charge in [0, 0.05) is 13.0 Å². The second-order valence-electron chi connectivity index (χ2n) is 2.33. The van der Waals surface area contributed by atoms with Crippen LogP contribution in [0.15, 0.2) is 0 Å². The minimum atomic E-state index is -4.26. The molecule has 66 valence electrons. The fourth-order valence-corrected chi connectivity index (χ4v) is 0.686. The van der Waals surface area contributed by atoms with Gasteiger partial charge >= 0.3 is 6.18 Å². The van der Waals surface area contributed by atoms with Crippen LogP contribution in [0.2, 0.25) is 0 Å². The molecule has 0 heterocycles. The van der Waals surface area contributed by atoms with E-state index in [9.17, 15) is 18.0 Å². The van der Waals surface area contributed by atoms with Crippen LogP contribution in [0.25, 0.3) is 0 Å². The zero-order valence-corrected chi connectivity index (χ0v) is 6.33. The SMILES string of the molecule is CNC(=O)C(C)CC(F)(F)F. The third kappa shape index (κ3) is 4.64. The number of amides is 1. The molecule has 0 radical (unpaired) electrons. The van der Waals surface area contributed by atoms with Gasteiger partial charge in [-0.2, -0.15) is 13.2 Å². The molecule has 1 N–H and O–H groups in total. The number of rotatable bonds is 2. The summed E-state index contributed by atoms with van der Waals surface area (Å²) in [7, 11) is 1.31. The molecule has 0 fully saturated rings. The molecule has 5 heteroatoms. The molecule has 1 unspecified atom stereocenters. The van der Waals surface area contributed by atoms with Gasteiger partial charge in [0.15, 0.2) is 0 Å². The monoisotopic (exact) mass is 169 g/mol. The highest BCUT2D eigenvalue weighted by atomic mass is 19.4. The van der Waals surface area contributed by atoms with Gasteiger partial charge in [-0.05, 0) is 0 Å². The van der Waals surface area contributed by atoms with E-state index in [1.165, 1.54) is 14.0 Å². The summed E-state index contributed by atoms with van der Waals surface area (Å²) in [4.78, 5) is 10.6. The van der Waals surface area contributed by atoms with E-state index in [2.05, 4.69) is 5.32 Å². The van der Waals surface area contributed by atoms with Crippen LogP contribution in [0.4, 0.5) is 13.2 Å². The average molecular weight is 169 g/mol. The van der Waals surface area contributed by atoms with Crippen molar-refractivity contribution in [2.75, 3.05) is 7.05 Å². The molecule has 11 heavy (non-hydrogen) atoms. The van der Waals surface area contributed by atoms with Crippen LogP contribution in [0.3, 0.4) is 0 Å². The maximum Gasteiger partial charge on any atom is 0.389 e. The van der Waals surface area contributed by atoms with E-state index in [1.807, 2.05) is 0 Å². The van der Waals surface area contributed by atoms with E-state index in [0.29, 0.717) is 0 Å². The van der Waals surface area contributed by atoms with E-state index in [-0.39, 0.29) is 0 Å². The zero-order valence-electron chi connectivity index (χ0n) is 6.33. The number of carbonyl (C=O) groups excluding carboxylic acids is 1. The molecule has 0 aliphatic rings. The minimum absolute atomic E-state index is 0.581. The molecule has 0 spiro atoms. The number of halogens is 3. The van der Waals surface area contributed by atoms with Crippen molar-refractivity contribution in [3.8, 4) is 0 Å². The van der Waals surface area contributed by atoms with Crippen LogP contribution in [0, 0.1) is 5.92 Å². The summed E-state index contributed by atoms with van der Waals surface area (Å²) >= 11 is 0. The first-order valence-electron chi connectivity index (χ1n) is 3.15. The lowest BCUT2D eigenvalue weighted by Crippen LogP contribution is -2.28. The largest absolute Gasteiger partial charge is 0.389 e. The first kappa shape index (κ1) is 10.3. The van der Waals surface area contributed by atoms with Crippen LogP contribution >= 0.6 is 0 Å². The summed E-state index contributed by atoms with van der Waals surface area (Å²) in [5.74, 6) is -1.58. The Morgan fingerprint density at radius 1 is 1.55 bits per heavy atom. The van der Waals surface area contributed by atoms with Crippen molar-refractivity contribution in [2.24, 2.45) is 5.92 Å². The molecule has 2 nitrogen and oxygen atoms in total. The Hall–Kier alpha value is -0.740. The molecule has 0 aromatic carbocycles. The summed E-state index contributed by atoms with van der Waals surface area (Å²) in [5.41, 5.74) is 0. The smallest absolute Gasteiger partial charge is 0.359 e. The Labute approximate surface area is 62.8 Å².